The molecule has 22 heavy (non-hydrogen) atoms. The molecule has 1 heterocycles. The van der Waals surface area contributed by atoms with Crippen molar-refractivity contribution in [2.24, 2.45) is 0 Å². The average Bonchev–Trinajstić information content (AvgIpc) is 2.47. The fourth-order valence-electron chi connectivity index (χ4n) is 2.46. The topological polar surface area (TPSA) is 60.9 Å². The zero-order chi connectivity index (χ0) is 16.2. The Labute approximate surface area is 129 Å². The summed E-state index contributed by atoms with van der Waals surface area (Å²) in [6, 6.07) is 2.49. The van der Waals surface area contributed by atoms with Gasteiger partial charge in [-0.05, 0) is 31.5 Å². The predicted molar refractivity (Wildman–Crippen MR) is 77.9 cm³/mol. The van der Waals surface area contributed by atoms with Crippen LogP contribution in [0.1, 0.15) is 12.8 Å². The van der Waals surface area contributed by atoms with Crippen LogP contribution in [0.3, 0.4) is 0 Å². The van der Waals surface area contributed by atoms with Crippen LogP contribution in [0.5, 0.6) is 0 Å². The molecule has 1 saturated heterocycles. The van der Waals surface area contributed by atoms with E-state index >= 15 is 0 Å². The number of hydrogen-bond acceptors (Lipinski definition) is 4. The van der Waals surface area contributed by atoms with Gasteiger partial charge in [-0.1, -0.05) is 0 Å². The Hall–Kier alpha value is -1.09. The van der Waals surface area contributed by atoms with E-state index in [1.54, 1.807) is 0 Å². The van der Waals surface area contributed by atoms with Crippen molar-refractivity contribution in [3.8, 4) is 0 Å². The van der Waals surface area contributed by atoms with Gasteiger partial charge in [0.1, 0.15) is 16.5 Å². The van der Waals surface area contributed by atoms with E-state index < -0.39 is 26.6 Å². The summed E-state index contributed by atoms with van der Waals surface area (Å²) >= 11 is 0. The van der Waals surface area contributed by atoms with E-state index in [1.165, 1.54) is 4.31 Å². The van der Waals surface area contributed by atoms with Gasteiger partial charge in [-0.25, -0.2) is 17.2 Å². The molecule has 1 aromatic carbocycles. The number of aliphatic hydroxyl groups is 1. The molecule has 8 heteroatoms. The van der Waals surface area contributed by atoms with Crippen molar-refractivity contribution >= 4 is 10.0 Å². The van der Waals surface area contributed by atoms with Crippen LogP contribution in [0.15, 0.2) is 23.1 Å². The van der Waals surface area contributed by atoms with E-state index in [-0.39, 0.29) is 19.7 Å². The first-order valence-electron chi connectivity index (χ1n) is 7.23. The van der Waals surface area contributed by atoms with E-state index in [4.69, 9.17) is 5.11 Å². The first kappa shape index (κ1) is 17.3. The van der Waals surface area contributed by atoms with E-state index in [1.807, 2.05) is 0 Å². The second-order valence-electron chi connectivity index (χ2n) is 5.25. The number of piperazine rings is 1. The first-order valence-corrected chi connectivity index (χ1v) is 8.67. The molecule has 1 aromatic rings. The van der Waals surface area contributed by atoms with Crippen molar-refractivity contribution in [2.75, 3.05) is 39.3 Å². The third kappa shape index (κ3) is 4.01. The summed E-state index contributed by atoms with van der Waals surface area (Å²) in [5, 5.41) is 8.75. The van der Waals surface area contributed by atoms with Crippen LogP contribution in [-0.2, 0) is 10.0 Å². The Kier molecular flexibility index (Phi) is 5.85. The zero-order valence-corrected chi connectivity index (χ0v) is 13.0. The minimum Gasteiger partial charge on any atom is -0.396 e. The molecule has 1 N–H and O–H groups in total. The molecule has 0 radical (unpaired) electrons. The standard InChI is InChI=1S/C14H20F2N2O3S/c15-12-3-4-14(13(16)11-12)22(20,21)18-8-6-17(7-9-18)5-1-2-10-19/h3-4,11,19H,1-2,5-10H2. The number of aliphatic hydroxyl groups excluding tert-OH is 1. The van der Waals surface area contributed by atoms with Crippen LogP contribution < -0.4 is 0 Å². The number of halogens is 2. The fraction of sp³-hybridized carbons (Fsp3) is 0.571. The molecule has 0 aliphatic carbocycles. The summed E-state index contributed by atoms with van der Waals surface area (Å²) in [6.45, 7) is 2.63. The number of hydrogen-bond donors (Lipinski definition) is 1. The van der Waals surface area contributed by atoms with Crippen LogP contribution in [-0.4, -0.2) is 62.1 Å². The molecular weight excluding hydrogens is 314 g/mol. The Bertz CT molecular complexity index is 602. The Morgan fingerprint density at radius 3 is 2.36 bits per heavy atom. The summed E-state index contributed by atoms with van der Waals surface area (Å²) in [7, 11) is -3.93. The van der Waals surface area contributed by atoms with Gasteiger partial charge < -0.3 is 10.0 Å². The normalized spacial score (nSPS) is 17.8. The minimum absolute atomic E-state index is 0.151. The average molecular weight is 334 g/mol. The van der Waals surface area contributed by atoms with E-state index in [2.05, 4.69) is 4.90 Å². The molecule has 1 aliphatic heterocycles. The SMILES string of the molecule is O=S(=O)(c1ccc(F)cc1F)N1CCN(CCCCO)CC1. The molecule has 0 amide bonds. The Morgan fingerprint density at radius 1 is 1.09 bits per heavy atom. The largest absolute Gasteiger partial charge is 0.396 e. The number of nitrogens with zero attached hydrogens (tertiary/aromatic N) is 2. The lowest BCUT2D eigenvalue weighted by atomic mass is 10.3. The van der Waals surface area contributed by atoms with Crippen LogP contribution in [0, 0.1) is 11.6 Å². The van der Waals surface area contributed by atoms with E-state index in [0.29, 0.717) is 19.2 Å². The molecule has 1 fully saturated rings. The van der Waals surface area contributed by atoms with Gasteiger partial charge in [0.25, 0.3) is 0 Å². The van der Waals surface area contributed by atoms with Gasteiger partial charge in [0.05, 0.1) is 0 Å². The summed E-state index contributed by atoms with van der Waals surface area (Å²) in [5.41, 5.74) is 0. The highest BCUT2D eigenvalue weighted by atomic mass is 32.2. The fourth-order valence-corrected chi connectivity index (χ4v) is 3.93. The Morgan fingerprint density at radius 2 is 1.77 bits per heavy atom. The lowest BCUT2D eigenvalue weighted by Crippen LogP contribution is -2.48. The monoisotopic (exact) mass is 334 g/mol. The maximum absolute atomic E-state index is 13.7. The first-order chi connectivity index (χ1) is 10.4. The maximum Gasteiger partial charge on any atom is 0.246 e. The van der Waals surface area contributed by atoms with Gasteiger partial charge in [0.15, 0.2) is 0 Å². The second-order valence-corrected chi connectivity index (χ2v) is 7.16. The summed E-state index contributed by atoms with van der Waals surface area (Å²) in [6.07, 6.45) is 1.58. The molecule has 0 unspecified atom stereocenters. The van der Waals surface area contributed by atoms with E-state index in [0.717, 1.165) is 31.5 Å². The molecule has 2 rings (SSSR count). The predicted octanol–water partition coefficient (Wildman–Crippen LogP) is 1.04. The van der Waals surface area contributed by atoms with Crippen molar-refractivity contribution < 1.29 is 22.3 Å². The number of benzene rings is 1. The van der Waals surface area contributed by atoms with Crippen molar-refractivity contribution in [3.05, 3.63) is 29.8 Å². The summed E-state index contributed by atoms with van der Waals surface area (Å²) in [5.74, 6) is -1.87. The van der Waals surface area contributed by atoms with Crippen molar-refractivity contribution in [3.63, 3.8) is 0 Å². The highest BCUT2D eigenvalue weighted by molar-refractivity contribution is 7.89. The molecular formula is C14H20F2N2O3S. The highest BCUT2D eigenvalue weighted by Gasteiger charge is 2.30. The summed E-state index contributed by atoms with van der Waals surface area (Å²) < 4.78 is 52.6. The van der Waals surface area contributed by atoms with Gasteiger partial charge in [-0.3, -0.25) is 0 Å². The van der Waals surface area contributed by atoms with Crippen molar-refractivity contribution in [1.29, 1.82) is 0 Å². The van der Waals surface area contributed by atoms with Gasteiger partial charge in [-0.15, -0.1) is 0 Å². The molecule has 5 nitrogen and oxygen atoms in total. The number of rotatable bonds is 6. The van der Waals surface area contributed by atoms with Crippen molar-refractivity contribution in [2.45, 2.75) is 17.7 Å². The quantitative estimate of drug-likeness (QED) is 0.790. The van der Waals surface area contributed by atoms with Gasteiger partial charge in [0.2, 0.25) is 10.0 Å². The molecule has 0 aromatic heterocycles. The second kappa shape index (κ2) is 7.45. The van der Waals surface area contributed by atoms with E-state index in [9.17, 15) is 17.2 Å². The highest BCUT2D eigenvalue weighted by Crippen LogP contribution is 2.21. The van der Waals surface area contributed by atoms with Gasteiger partial charge in [0, 0.05) is 38.9 Å². The lowest BCUT2D eigenvalue weighted by molar-refractivity contribution is 0.179. The molecule has 0 spiro atoms. The van der Waals surface area contributed by atoms with Gasteiger partial charge in [-0.2, -0.15) is 4.31 Å². The number of unbranched alkanes of at least 4 members (excludes halogenated alkanes) is 1. The van der Waals surface area contributed by atoms with Crippen LogP contribution in [0.4, 0.5) is 8.78 Å². The molecule has 0 atom stereocenters. The summed E-state index contributed by atoms with van der Waals surface area (Å²) in [4.78, 5) is 1.63. The lowest BCUT2D eigenvalue weighted by Gasteiger charge is -2.34. The smallest absolute Gasteiger partial charge is 0.246 e. The maximum atomic E-state index is 13.7. The van der Waals surface area contributed by atoms with Crippen LogP contribution in [0.25, 0.3) is 0 Å². The van der Waals surface area contributed by atoms with Gasteiger partial charge >= 0.3 is 0 Å². The number of sulfonamides is 1. The Balaban J connectivity index is 2.00. The minimum atomic E-state index is -3.93. The van der Waals surface area contributed by atoms with Crippen LogP contribution >= 0.6 is 0 Å². The third-order valence-electron chi connectivity index (χ3n) is 3.73. The van der Waals surface area contributed by atoms with Crippen LogP contribution in [0.2, 0.25) is 0 Å². The third-order valence-corrected chi connectivity index (χ3v) is 5.66. The van der Waals surface area contributed by atoms with Crippen molar-refractivity contribution in [1.82, 2.24) is 9.21 Å². The molecule has 124 valence electrons. The zero-order valence-electron chi connectivity index (χ0n) is 12.2. The molecule has 0 saturated carbocycles. The molecule has 0 bridgehead atoms. The molecule has 1 aliphatic rings.